The minimum Gasteiger partial charge on any atom is -0.373 e. The van der Waals surface area contributed by atoms with Crippen LogP contribution in [0.3, 0.4) is 0 Å². The summed E-state index contributed by atoms with van der Waals surface area (Å²) in [5.41, 5.74) is 2.67. The largest absolute Gasteiger partial charge is 0.373 e. The van der Waals surface area contributed by atoms with Crippen LogP contribution in [0.4, 0.5) is 5.69 Å². The molecule has 4 atom stereocenters. The maximum absolute atomic E-state index is 13.4. The van der Waals surface area contributed by atoms with Crippen molar-refractivity contribution in [1.29, 1.82) is 0 Å². The molecule has 0 saturated carbocycles. The van der Waals surface area contributed by atoms with Crippen molar-refractivity contribution < 1.29 is 19.1 Å². The van der Waals surface area contributed by atoms with Crippen molar-refractivity contribution in [3.63, 3.8) is 0 Å². The molecule has 5 rings (SSSR count). The lowest BCUT2D eigenvalue weighted by atomic mass is 9.77. The van der Waals surface area contributed by atoms with Gasteiger partial charge in [0, 0.05) is 0 Å². The van der Waals surface area contributed by atoms with E-state index in [4.69, 9.17) is 9.47 Å². The molecule has 5 heteroatoms. The normalized spacial score (nSPS) is 28.3. The Hall–Kier alpha value is -3.28. The highest BCUT2D eigenvalue weighted by atomic mass is 16.6. The minimum absolute atomic E-state index is 0.211. The van der Waals surface area contributed by atoms with Gasteiger partial charge in [-0.25, -0.2) is 4.90 Å². The summed E-state index contributed by atoms with van der Waals surface area (Å²) in [6.07, 6.45) is 6.91. The average molecular weight is 413 g/mol. The lowest BCUT2D eigenvalue weighted by Gasteiger charge is -2.28. The van der Waals surface area contributed by atoms with Gasteiger partial charge in [-0.15, -0.1) is 0 Å². The van der Waals surface area contributed by atoms with Gasteiger partial charge in [0.05, 0.1) is 36.8 Å². The zero-order valence-electron chi connectivity index (χ0n) is 17.1. The second-order valence-corrected chi connectivity index (χ2v) is 8.15. The van der Waals surface area contributed by atoms with E-state index in [2.05, 4.69) is 13.2 Å². The van der Waals surface area contributed by atoms with Crippen molar-refractivity contribution in [2.24, 2.45) is 11.8 Å². The van der Waals surface area contributed by atoms with Gasteiger partial charge < -0.3 is 9.47 Å². The Balaban J connectivity index is 1.34. The number of fused-ring (bicyclic) bond motifs is 5. The Morgan fingerprint density at radius 3 is 2.26 bits per heavy atom. The number of amides is 2. The SMILES string of the molecule is C=Cc1ccc(COCC23C=CC(O2)C2C(=O)N(c4ccc(C=C)cc4)C(=O)C23)cc1. The number of ether oxygens (including phenoxy) is 2. The molecule has 2 amide bonds. The number of benzene rings is 2. The molecule has 2 aromatic rings. The first-order valence-corrected chi connectivity index (χ1v) is 10.3. The third-order valence-corrected chi connectivity index (χ3v) is 6.35. The van der Waals surface area contributed by atoms with E-state index in [-0.39, 0.29) is 18.4 Å². The number of imide groups is 1. The lowest BCUT2D eigenvalue weighted by Crippen LogP contribution is -2.44. The highest BCUT2D eigenvalue weighted by Crippen LogP contribution is 2.52. The van der Waals surface area contributed by atoms with E-state index in [1.807, 2.05) is 48.6 Å². The van der Waals surface area contributed by atoms with Crippen LogP contribution in [0.1, 0.15) is 16.7 Å². The molecule has 156 valence electrons. The van der Waals surface area contributed by atoms with E-state index >= 15 is 0 Å². The topological polar surface area (TPSA) is 55.8 Å². The van der Waals surface area contributed by atoms with Crippen molar-refractivity contribution in [2.45, 2.75) is 18.3 Å². The standard InChI is InChI=1S/C26H23NO4/c1-3-17-5-7-19(8-6-17)15-30-16-26-14-13-21(31-26)22-23(26)25(29)27(24(22)28)20-11-9-18(4-2)10-12-20/h3-14,21-23H,1-2,15-16H2. The molecule has 0 aliphatic carbocycles. The van der Waals surface area contributed by atoms with Crippen molar-refractivity contribution in [3.8, 4) is 0 Å². The zero-order chi connectivity index (χ0) is 21.6. The first kappa shape index (κ1) is 19.7. The fourth-order valence-corrected chi connectivity index (χ4v) is 4.76. The van der Waals surface area contributed by atoms with Gasteiger partial charge in [0.2, 0.25) is 11.8 Å². The van der Waals surface area contributed by atoms with Crippen LogP contribution < -0.4 is 4.90 Å². The minimum atomic E-state index is -0.904. The first-order chi connectivity index (χ1) is 15.1. The third kappa shape index (κ3) is 3.09. The Kier molecular flexibility index (Phi) is 4.73. The van der Waals surface area contributed by atoms with Crippen molar-refractivity contribution in [3.05, 3.63) is 90.5 Å². The predicted molar refractivity (Wildman–Crippen MR) is 119 cm³/mol. The number of hydrogen-bond acceptors (Lipinski definition) is 4. The lowest BCUT2D eigenvalue weighted by molar-refractivity contribution is -0.129. The first-order valence-electron chi connectivity index (χ1n) is 10.3. The molecule has 2 fully saturated rings. The van der Waals surface area contributed by atoms with E-state index in [9.17, 15) is 9.59 Å². The fraction of sp³-hybridized carbons (Fsp3) is 0.231. The second-order valence-electron chi connectivity index (χ2n) is 8.15. The molecule has 3 heterocycles. The van der Waals surface area contributed by atoms with Crippen LogP contribution in [0.5, 0.6) is 0 Å². The van der Waals surface area contributed by atoms with E-state index < -0.39 is 23.5 Å². The maximum atomic E-state index is 13.4. The summed E-state index contributed by atoms with van der Waals surface area (Å²) < 4.78 is 12.1. The van der Waals surface area contributed by atoms with Gasteiger partial charge in [-0.05, 0) is 28.8 Å². The maximum Gasteiger partial charge on any atom is 0.241 e. The van der Waals surface area contributed by atoms with Crippen LogP contribution in [0.2, 0.25) is 0 Å². The van der Waals surface area contributed by atoms with Gasteiger partial charge >= 0.3 is 0 Å². The van der Waals surface area contributed by atoms with E-state index in [1.54, 1.807) is 24.3 Å². The van der Waals surface area contributed by atoms with Crippen LogP contribution in [-0.4, -0.2) is 30.1 Å². The number of nitrogens with zero attached hydrogens (tertiary/aromatic N) is 1. The van der Waals surface area contributed by atoms with Gasteiger partial charge in [0.15, 0.2) is 0 Å². The average Bonchev–Trinajstić information content (AvgIpc) is 3.44. The van der Waals surface area contributed by atoms with Gasteiger partial charge in [0.1, 0.15) is 5.60 Å². The van der Waals surface area contributed by atoms with Gasteiger partial charge in [-0.3, -0.25) is 9.59 Å². The zero-order valence-corrected chi connectivity index (χ0v) is 17.1. The smallest absolute Gasteiger partial charge is 0.241 e. The summed E-state index contributed by atoms with van der Waals surface area (Å²) in [5, 5.41) is 0. The number of anilines is 1. The predicted octanol–water partition coefficient (Wildman–Crippen LogP) is 4.00. The summed E-state index contributed by atoms with van der Waals surface area (Å²) in [5.74, 6) is -1.52. The number of carbonyl (C=O) groups excluding carboxylic acids is 2. The van der Waals surface area contributed by atoms with E-state index in [0.717, 1.165) is 16.7 Å². The molecule has 3 aliphatic rings. The molecular weight excluding hydrogens is 390 g/mol. The van der Waals surface area contributed by atoms with Gasteiger partial charge in [-0.1, -0.05) is 73.9 Å². The van der Waals surface area contributed by atoms with E-state index in [1.165, 1.54) is 4.90 Å². The van der Waals surface area contributed by atoms with Crippen LogP contribution in [0, 0.1) is 11.8 Å². The number of hydrogen-bond donors (Lipinski definition) is 0. The molecule has 0 aromatic heterocycles. The van der Waals surface area contributed by atoms with E-state index in [0.29, 0.717) is 12.3 Å². The van der Waals surface area contributed by atoms with Crippen molar-refractivity contribution in [2.75, 3.05) is 11.5 Å². The molecular formula is C26H23NO4. The van der Waals surface area contributed by atoms with Crippen molar-refractivity contribution in [1.82, 2.24) is 0 Å². The van der Waals surface area contributed by atoms with Crippen LogP contribution in [0.25, 0.3) is 12.2 Å². The second kappa shape index (κ2) is 7.45. The third-order valence-electron chi connectivity index (χ3n) is 6.35. The summed E-state index contributed by atoms with van der Waals surface area (Å²) >= 11 is 0. The molecule has 0 radical (unpaired) electrons. The van der Waals surface area contributed by atoms with Gasteiger partial charge in [0.25, 0.3) is 0 Å². The fourth-order valence-electron chi connectivity index (χ4n) is 4.76. The van der Waals surface area contributed by atoms with Crippen LogP contribution >= 0.6 is 0 Å². The van der Waals surface area contributed by atoms with Gasteiger partial charge in [-0.2, -0.15) is 0 Å². The molecule has 4 unspecified atom stereocenters. The number of rotatable bonds is 7. The molecule has 0 spiro atoms. The number of carbonyl (C=O) groups is 2. The Morgan fingerprint density at radius 1 is 0.968 bits per heavy atom. The molecule has 2 saturated heterocycles. The molecule has 3 aliphatic heterocycles. The molecule has 2 bridgehead atoms. The Bertz CT molecular complexity index is 1090. The summed E-state index contributed by atoms with van der Waals surface area (Å²) in [6, 6.07) is 15.2. The molecule has 2 aromatic carbocycles. The summed E-state index contributed by atoms with van der Waals surface area (Å²) in [6.45, 7) is 8.11. The monoisotopic (exact) mass is 413 g/mol. The molecule has 0 N–H and O–H groups in total. The van der Waals surface area contributed by atoms with Crippen LogP contribution in [0.15, 0.2) is 73.8 Å². The summed E-state index contributed by atoms with van der Waals surface area (Å²) in [7, 11) is 0. The van der Waals surface area contributed by atoms with Crippen LogP contribution in [-0.2, 0) is 25.7 Å². The Labute approximate surface area is 181 Å². The quantitative estimate of drug-likeness (QED) is 0.509. The van der Waals surface area contributed by atoms with Crippen molar-refractivity contribution >= 4 is 29.7 Å². The molecule has 5 nitrogen and oxygen atoms in total. The molecule has 31 heavy (non-hydrogen) atoms. The highest BCUT2D eigenvalue weighted by Gasteiger charge is 2.67. The highest BCUT2D eigenvalue weighted by molar-refractivity contribution is 6.23. The Morgan fingerprint density at radius 2 is 1.61 bits per heavy atom. The summed E-state index contributed by atoms with van der Waals surface area (Å²) in [4.78, 5) is 27.8.